The van der Waals surface area contributed by atoms with Gasteiger partial charge in [0.2, 0.25) is 0 Å². The summed E-state index contributed by atoms with van der Waals surface area (Å²) >= 11 is 0. The lowest BCUT2D eigenvalue weighted by Gasteiger charge is -2.34. The minimum Gasteiger partial charge on any atom is -0.384 e. The van der Waals surface area contributed by atoms with E-state index in [1.807, 2.05) is 18.2 Å². The van der Waals surface area contributed by atoms with Crippen LogP contribution in [0.15, 0.2) is 47.6 Å². The number of hydrogen-bond acceptors (Lipinski definition) is 2. The highest BCUT2D eigenvalue weighted by Gasteiger charge is 2.38. The maximum Gasteiger partial charge on any atom is 0.0977 e. The van der Waals surface area contributed by atoms with Gasteiger partial charge in [-0.3, -0.25) is 0 Å². The Bertz CT molecular complexity index is 408. The Labute approximate surface area is 96.1 Å². The van der Waals surface area contributed by atoms with Gasteiger partial charge in [0.25, 0.3) is 0 Å². The molecule has 3 aliphatic rings. The molecule has 0 aromatic rings. The maximum atomic E-state index is 10.0. The van der Waals surface area contributed by atoms with Crippen molar-refractivity contribution >= 4 is 0 Å². The number of fused-ring (bicyclic) bond motifs is 1. The van der Waals surface area contributed by atoms with Crippen LogP contribution in [0.25, 0.3) is 0 Å². The first-order chi connectivity index (χ1) is 7.82. The van der Waals surface area contributed by atoms with Gasteiger partial charge in [-0.15, -0.1) is 0 Å². The van der Waals surface area contributed by atoms with E-state index in [0.29, 0.717) is 0 Å². The van der Waals surface area contributed by atoms with E-state index in [-0.39, 0.29) is 5.41 Å². The number of rotatable bonds is 0. The van der Waals surface area contributed by atoms with Crippen LogP contribution in [0, 0.1) is 5.41 Å². The molecule has 3 rings (SSSR count). The summed E-state index contributed by atoms with van der Waals surface area (Å²) in [5.41, 5.74) is 2.60. The molecule has 1 saturated heterocycles. The summed E-state index contributed by atoms with van der Waals surface area (Å²) in [6.07, 6.45) is 14.3. The van der Waals surface area contributed by atoms with Gasteiger partial charge in [0.15, 0.2) is 0 Å². The summed E-state index contributed by atoms with van der Waals surface area (Å²) in [7, 11) is 0. The second kappa shape index (κ2) is 3.72. The summed E-state index contributed by atoms with van der Waals surface area (Å²) in [6, 6.07) is 0. The van der Waals surface area contributed by atoms with Gasteiger partial charge in [0, 0.05) is 5.41 Å². The van der Waals surface area contributed by atoms with E-state index in [9.17, 15) is 5.11 Å². The molecule has 1 spiro atoms. The van der Waals surface area contributed by atoms with Crippen LogP contribution in [-0.4, -0.2) is 24.3 Å². The van der Waals surface area contributed by atoms with Crippen molar-refractivity contribution < 1.29 is 5.11 Å². The zero-order chi connectivity index (χ0) is 11.0. The average molecular weight is 215 g/mol. The molecule has 2 heteroatoms. The van der Waals surface area contributed by atoms with Crippen molar-refractivity contribution in [2.24, 2.45) is 5.41 Å². The fraction of sp³-hybridized carbons (Fsp3) is 0.429. The van der Waals surface area contributed by atoms with Crippen molar-refractivity contribution in [2.45, 2.75) is 18.9 Å². The Balaban J connectivity index is 2.03. The van der Waals surface area contributed by atoms with Gasteiger partial charge in [-0.05, 0) is 37.1 Å². The fourth-order valence-corrected chi connectivity index (χ4v) is 2.97. The first kappa shape index (κ1) is 10.1. The molecule has 16 heavy (non-hydrogen) atoms. The van der Waals surface area contributed by atoms with Gasteiger partial charge in [-0.25, -0.2) is 0 Å². The second-order valence-electron chi connectivity index (χ2n) is 4.80. The standard InChI is InChI=1S/C14H17NO/c16-13-4-2-1-3-12-11(13)5-6-14(12)7-9-15-10-8-14/h1-6,13,15-16H,7-10H2. The highest BCUT2D eigenvalue weighted by Crippen LogP contribution is 2.46. The minimum absolute atomic E-state index is 0.185. The molecule has 2 N–H and O–H groups in total. The van der Waals surface area contributed by atoms with E-state index in [1.54, 1.807) is 0 Å². The molecule has 1 heterocycles. The van der Waals surface area contributed by atoms with E-state index in [2.05, 4.69) is 23.5 Å². The number of hydrogen-bond donors (Lipinski definition) is 2. The van der Waals surface area contributed by atoms with Crippen LogP contribution >= 0.6 is 0 Å². The Kier molecular flexibility index (Phi) is 2.34. The van der Waals surface area contributed by atoms with Crippen molar-refractivity contribution in [2.75, 3.05) is 13.1 Å². The monoisotopic (exact) mass is 215 g/mol. The molecular weight excluding hydrogens is 198 g/mol. The van der Waals surface area contributed by atoms with Gasteiger partial charge < -0.3 is 10.4 Å². The van der Waals surface area contributed by atoms with Crippen LogP contribution in [0.1, 0.15) is 12.8 Å². The summed E-state index contributed by atoms with van der Waals surface area (Å²) in [6.45, 7) is 2.14. The van der Waals surface area contributed by atoms with Gasteiger partial charge >= 0.3 is 0 Å². The summed E-state index contributed by atoms with van der Waals surface area (Å²) in [4.78, 5) is 0. The first-order valence-corrected chi connectivity index (χ1v) is 5.99. The molecule has 0 radical (unpaired) electrons. The SMILES string of the molecule is OC1C=CC=CC2=C1C=CC21CCNCC1. The molecule has 0 amide bonds. The Morgan fingerprint density at radius 1 is 1.19 bits per heavy atom. The predicted molar refractivity (Wildman–Crippen MR) is 65.0 cm³/mol. The highest BCUT2D eigenvalue weighted by atomic mass is 16.3. The van der Waals surface area contributed by atoms with Crippen LogP contribution in [0.4, 0.5) is 0 Å². The van der Waals surface area contributed by atoms with E-state index < -0.39 is 6.10 Å². The molecule has 1 unspecified atom stereocenters. The highest BCUT2D eigenvalue weighted by molar-refractivity contribution is 5.52. The number of nitrogens with one attached hydrogen (secondary N) is 1. The van der Waals surface area contributed by atoms with Gasteiger partial charge in [0.05, 0.1) is 6.10 Å². The first-order valence-electron chi connectivity index (χ1n) is 5.99. The Morgan fingerprint density at radius 3 is 2.81 bits per heavy atom. The third-order valence-electron chi connectivity index (χ3n) is 3.91. The normalized spacial score (nSPS) is 30.9. The van der Waals surface area contributed by atoms with Crippen LogP contribution < -0.4 is 5.32 Å². The number of aliphatic hydroxyl groups excluding tert-OH is 1. The quantitative estimate of drug-likeness (QED) is 0.644. The molecule has 0 bridgehead atoms. The number of piperidine rings is 1. The van der Waals surface area contributed by atoms with Crippen LogP contribution in [0.5, 0.6) is 0 Å². The van der Waals surface area contributed by atoms with E-state index >= 15 is 0 Å². The number of allylic oxidation sites excluding steroid dienone is 5. The minimum atomic E-state index is -0.435. The molecule has 1 fully saturated rings. The molecule has 2 nitrogen and oxygen atoms in total. The van der Waals surface area contributed by atoms with Gasteiger partial charge in [-0.1, -0.05) is 36.5 Å². The molecule has 1 aliphatic heterocycles. The van der Waals surface area contributed by atoms with Gasteiger partial charge in [0.1, 0.15) is 0 Å². The maximum absolute atomic E-state index is 10.0. The molecule has 0 aromatic heterocycles. The van der Waals surface area contributed by atoms with Crippen LogP contribution in [0.3, 0.4) is 0 Å². The average Bonchev–Trinajstić information content (AvgIpc) is 2.53. The molecule has 2 aliphatic carbocycles. The number of aliphatic hydroxyl groups is 1. The van der Waals surface area contributed by atoms with E-state index in [4.69, 9.17) is 0 Å². The third kappa shape index (κ3) is 1.41. The summed E-state index contributed by atoms with van der Waals surface area (Å²) in [5, 5.41) is 13.4. The molecule has 84 valence electrons. The Morgan fingerprint density at radius 2 is 2.00 bits per heavy atom. The van der Waals surface area contributed by atoms with Crippen LogP contribution in [0.2, 0.25) is 0 Å². The zero-order valence-corrected chi connectivity index (χ0v) is 9.32. The van der Waals surface area contributed by atoms with Crippen molar-refractivity contribution in [1.29, 1.82) is 0 Å². The largest absolute Gasteiger partial charge is 0.384 e. The lowest BCUT2D eigenvalue weighted by molar-refractivity contribution is 0.259. The van der Waals surface area contributed by atoms with Crippen molar-refractivity contribution in [3.05, 3.63) is 47.6 Å². The molecule has 1 atom stereocenters. The predicted octanol–water partition coefficient (Wildman–Crippen LogP) is 1.71. The molecular formula is C14H17NO. The van der Waals surface area contributed by atoms with Crippen molar-refractivity contribution in [3.8, 4) is 0 Å². The topological polar surface area (TPSA) is 32.3 Å². The fourth-order valence-electron chi connectivity index (χ4n) is 2.97. The molecule has 0 saturated carbocycles. The van der Waals surface area contributed by atoms with Crippen molar-refractivity contribution in [1.82, 2.24) is 5.32 Å². The van der Waals surface area contributed by atoms with Crippen molar-refractivity contribution in [3.63, 3.8) is 0 Å². The smallest absolute Gasteiger partial charge is 0.0977 e. The van der Waals surface area contributed by atoms with Gasteiger partial charge in [-0.2, -0.15) is 0 Å². The van der Waals surface area contributed by atoms with Crippen LogP contribution in [-0.2, 0) is 0 Å². The zero-order valence-electron chi connectivity index (χ0n) is 9.32. The lowest BCUT2D eigenvalue weighted by Crippen LogP contribution is -2.35. The van der Waals surface area contributed by atoms with E-state index in [1.165, 1.54) is 5.57 Å². The lowest BCUT2D eigenvalue weighted by atomic mass is 9.74. The second-order valence-corrected chi connectivity index (χ2v) is 4.80. The molecule has 0 aromatic carbocycles. The van der Waals surface area contributed by atoms with E-state index in [0.717, 1.165) is 31.5 Å². The summed E-state index contributed by atoms with van der Waals surface area (Å²) < 4.78 is 0. The third-order valence-corrected chi connectivity index (χ3v) is 3.91. The summed E-state index contributed by atoms with van der Waals surface area (Å²) in [5.74, 6) is 0. The Hall–Kier alpha value is -1.12.